The van der Waals surface area contributed by atoms with Crippen LogP contribution in [0.1, 0.15) is 12.5 Å². The van der Waals surface area contributed by atoms with E-state index >= 15 is 0 Å². The van der Waals surface area contributed by atoms with Crippen LogP contribution in [-0.4, -0.2) is 25.1 Å². The SMILES string of the molecule is CCc1ccccc1OCC(=O)OCC(=O)Nc1ccccc1Cl. The van der Waals surface area contributed by atoms with E-state index in [1.807, 2.05) is 25.1 Å². The van der Waals surface area contributed by atoms with Crippen LogP contribution in [0.5, 0.6) is 5.75 Å². The molecule has 24 heavy (non-hydrogen) atoms. The molecule has 0 aliphatic heterocycles. The number of carbonyl (C=O) groups is 2. The number of halogens is 1. The summed E-state index contributed by atoms with van der Waals surface area (Å²) in [6.07, 6.45) is 0.797. The molecule has 0 unspecified atom stereocenters. The average molecular weight is 348 g/mol. The highest BCUT2D eigenvalue weighted by Crippen LogP contribution is 2.20. The molecule has 126 valence electrons. The van der Waals surface area contributed by atoms with Gasteiger partial charge >= 0.3 is 5.97 Å². The summed E-state index contributed by atoms with van der Waals surface area (Å²) in [5.41, 5.74) is 1.47. The van der Waals surface area contributed by atoms with Gasteiger partial charge in [-0.15, -0.1) is 0 Å². The van der Waals surface area contributed by atoms with E-state index in [2.05, 4.69) is 5.32 Å². The van der Waals surface area contributed by atoms with Crippen molar-refractivity contribution in [2.24, 2.45) is 0 Å². The Morgan fingerprint density at radius 3 is 2.50 bits per heavy atom. The predicted molar refractivity (Wildman–Crippen MR) is 92.4 cm³/mol. The van der Waals surface area contributed by atoms with Crippen LogP contribution in [0.3, 0.4) is 0 Å². The highest BCUT2D eigenvalue weighted by atomic mass is 35.5. The molecule has 0 fully saturated rings. The van der Waals surface area contributed by atoms with E-state index in [-0.39, 0.29) is 6.61 Å². The topological polar surface area (TPSA) is 64.6 Å². The number of amides is 1. The van der Waals surface area contributed by atoms with Gasteiger partial charge in [-0.3, -0.25) is 4.79 Å². The molecule has 0 heterocycles. The maximum atomic E-state index is 11.8. The molecule has 2 aromatic rings. The van der Waals surface area contributed by atoms with Crippen molar-refractivity contribution in [2.75, 3.05) is 18.5 Å². The van der Waals surface area contributed by atoms with Crippen molar-refractivity contribution >= 4 is 29.2 Å². The minimum atomic E-state index is -0.616. The van der Waals surface area contributed by atoms with Crippen LogP contribution in [0, 0.1) is 0 Å². The summed E-state index contributed by atoms with van der Waals surface area (Å²) in [7, 11) is 0. The molecule has 0 saturated heterocycles. The molecule has 0 aromatic heterocycles. The zero-order valence-electron chi connectivity index (χ0n) is 13.3. The van der Waals surface area contributed by atoms with Crippen LogP contribution in [0.4, 0.5) is 5.69 Å². The Labute approximate surface area is 145 Å². The molecule has 0 spiro atoms. The summed E-state index contributed by atoms with van der Waals surface area (Å²) >= 11 is 5.93. The van der Waals surface area contributed by atoms with E-state index in [1.165, 1.54) is 0 Å². The lowest BCUT2D eigenvalue weighted by atomic mass is 10.1. The Bertz CT molecular complexity index is 718. The van der Waals surface area contributed by atoms with Gasteiger partial charge in [0.1, 0.15) is 5.75 Å². The maximum absolute atomic E-state index is 11.8. The number of hydrogen-bond donors (Lipinski definition) is 1. The molecule has 2 rings (SSSR count). The Morgan fingerprint density at radius 2 is 1.75 bits per heavy atom. The largest absolute Gasteiger partial charge is 0.482 e. The predicted octanol–water partition coefficient (Wildman–Crippen LogP) is 3.46. The third kappa shape index (κ3) is 5.28. The highest BCUT2D eigenvalue weighted by Gasteiger charge is 2.11. The normalized spacial score (nSPS) is 10.1. The number of esters is 1. The number of benzene rings is 2. The van der Waals surface area contributed by atoms with Crippen LogP contribution in [0.25, 0.3) is 0 Å². The first-order valence-electron chi connectivity index (χ1n) is 7.51. The lowest BCUT2D eigenvalue weighted by Crippen LogP contribution is -2.23. The number of rotatable bonds is 7. The van der Waals surface area contributed by atoms with Crippen molar-refractivity contribution in [1.29, 1.82) is 0 Å². The minimum Gasteiger partial charge on any atom is -0.482 e. The van der Waals surface area contributed by atoms with Crippen molar-refractivity contribution in [1.82, 2.24) is 0 Å². The standard InChI is InChI=1S/C18H18ClNO4/c1-2-13-7-3-6-10-16(13)23-12-18(22)24-11-17(21)20-15-9-5-4-8-14(15)19/h3-10H,2,11-12H2,1H3,(H,20,21). The first kappa shape index (κ1) is 17.8. The lowest BCUT2D eigenvalue weighted by Gasteiger charge is -2.10. The summed E-state index contributed by atoms with van der Waals surface area (Å²) < 4.78 is 10.3. The first-order chi connectivity index (χ1) is 11.6. The van der Waals surface area contributed by atoms with Gasteiger partial charge < -0.3 is 14.8 Å². The van der Waals surface area contributed by atoms with Gasteiger partial charge in [0.2, 0.25) is 0 Å². The van der Waals surface area contributed by atoms with E-state index in [1.54, 1.807) is 30.3 Å². The number of carbonyl (C=O) groups excluding carboxylic acids is 2. The van der Waals surface area contributed by atoms with Crippen molar-refractivity contribution in [3.63, 3.8) is 0 Å². The fourth-order valence-electron chi connectivity index (χ4n) is 2.01. The zero-order valence-corrected chi connectivity index (χ0v) is 14.0. The number of ether oxygens (including phenoxy) is 2. The van der Waals surface area contributed by atoms with E-state index in [9.17, 15) is 9.59 Å². The number of anilines is 1. The molecule has 0 bridgehead atoms. The van der Waals surface area contributed by atoms with Crippen molar-refractivity contribution in [3.05, 3.63) is 59.1 Å². The third-order valence-electron chi connectivity index (χ3n) is 3.21. The molecule has 0 saturated carbocycles. The van der Waals surface area contributed by atoms with Gasteiger partial charge in [-0.05, 0) is 30.2 Å². The quantitative estimate of drug-likeness (QED) is 0.779. The number of para-hydroxylation sites is 2. The third-order valence-corrected chi connectivity index (χ3v) is 3.54. The van der Waals surface area contributed by atoms with E-state index < -0.39 is 18.5 Å². The number of hydrogen-bond acceptors (Lipinski definition) is 4. The average Bonchev–Trinajstić information content (AvgIpc) is 2.60. The maximum Gasteiger partial charge on any atom is 0.344 e. The van der Waals surface area contributed by atoms with Gasteiger partial charge in [-0.2, -0.15) is 0 Å². The highest BCUT2D eigenvalue weighted by molar-refractivity contribution is 6.33. The van der Waals surface area contributed by atoms with Gasteiger partial charge in [0, 0.05) is 0 Å². The van der Waals surface area contributed by atoms with Gasteiger partial charge in [-0.1, -0.05) is 48.9 Å². The van der Waals surface area contributed by atoms with Crippen molar-refractivity contribution < 1.29 is 19.1 Å². The van der Waals surface area contributed by atoms with Crippen LogP contribution >= 0.6 is 11.6 Å². The Balaban J connectivity index is 1.77. The first-order valence-corrected chi connectivity index (χ1v) is 7.88. The van der Waals surface area contributed by atoms with Crippen molar-refractivity contribution in [3.8, 4) is 5.75 Å². The van der Waals surface area contributed by atoms with E-state index in [0.717, 1.165) is 12.0 Å². The summed E-state index contributed by atoms with van der Waals surface area (Å²) in [4.78, 5) is 23.4. The second-order valence-corrected chi connectivity index (χ2v) is 5.35. The second-order valence-electron chi connectivity index (χ2n) is 4.94. The molecule has 0 radical (unpaired) electrons. The fourth-order valence-corrected chi connectivity index (χ4v) is 2.19. The molecule has 1 N–H and O–H groups in total. The second kappa shape index (κ2) is 8.93. The summed E-state index contributed by atoms with van der Waals surface area (Å²) in [5, 5.41) is 2.98. The molecular formula is C18H18ClNO4. The van der Waals surface area contributed by atoms with Gasteiger partial charge in [0.25, 0.3) is 5.91 Å². The molecule has 6 heteroatoms. The summed E-state index contributed by atoms with van der Waals surface area (Å²) in [6.45, 7) is 1.35. The van der Waals surface area contributed by atoms with Crippen LogP contribution in [0.2, 0.25) is 5.02 Å². The number of nitrogens with one attached hydrogen (secondary N) is 1. The molecule has 0 aliphatic rings. The molecule has 1 amide bonds. The molecule has 2 aromatic carbocycles. The van der Waals surface area contributed by atoms with Crippen LogP contribution in [0.15, 0.2) is 48.5 Å². The van der Waals surface area contributed by atoms with Gasteiger partial charge in [0.05, 0.1) is 10.7 Å². The van der Waals surface area contributed by atoms with Crippen molar-refractivity contribution in [2.45, 2.75) is 13.3 Å². The fraction of sp³-hybridized carbons (Fsp3) is 0.222. The Hall–Kier alpha value is -2.53. The zero-order chi connectivity index (χ0) is 17.4. The van der Waals surface area contributed by atoms with E-state index in [4.69, 9.17) is 21.1 Å². The van der Waals surface area contributed by atoms with Gasteiger partial charge in [0.15, 0.2) is 13.2 Å². The van der Waals surface area contributed by atoms with Crippen LogP contribution in [-0.2, 0) is 20.7 Å². The molecular weight excluding hydrogens is 330 g/mol. The lowest BCUT2D eigenvalue weighted by molar-refractivity contribution is -0.149. The smallest absolute Gasteiger partial charge is 0.344 e. The molecule has 0 atom stereocenters. The Kier molecular flexibility index (Phi) is 6.63. The summed E-state index contributed by atoms with van der Waals surface area (Å²) in [5.74, 6) is -0.446. The van der Waals surface area contributed by atoms with E-state index in [0.29, 0.717) is 16.5 Å². The summed E-state index contributed by atoms with van der Waals surface area (Å²) in [6, 6.07) is 14.3. The van der Waals surface area contributed by atoms with Crippen LogP contribution < -0.4 is 10.1 Å². The minimum absolute atomic E-state index is 0.254. The number of aryl methyl sites for hydroxylation is 1. The Morgan fingerprint density at radius 1 is 1.04 bits per heavy atom. The monoisotopic (exact) mass is 347 g/mol. The molecule has 5 nitrogen and oxygen atoms in total. The molecule has 0 aliphatic carbocycles. The van der Waals surface area contributed by atoms with Gasteiger partial charge in [-0.25, -0.2) is 4.79 Å².